The molecule has 0 aromatic carbocycles. The first-order valence-electron chi connectivity index (χ1n) is 5.84. The summed E-state index contributed by atoms with van der Waals surface area (Å²) >= 11 is 0. The largest absolute Gasteiger partial charge is 0.397 e. The molecule has 92 valence electrons. The molecule has 0 bridgehead atoms. The number of carbonyl (C=O) groups excluding carboxylic acids is 1. The van der Waals surface area contributed by atoms with Gasteiger partial charge in [-0.25, -0.2) is 4.98 Å². The number of nitrogens with two attached hydrogens (primary N) is 1. The van der Waals surface area contributed by atoms with Crippen LogP contribution in [0, 0.1) is 0 Å². The Morgan fingerprint density at radius 2 is 2.47 bits per heavy atom. The predicted molar refractivity (Wildman–Crippen MR) is 68.0 cm³/mol. The van der Waals surface area contributed by atoms with Gasteiger partial charge in [0.1, 0.15) is 11.6 Å². The molecule has 1 aliphatic rings. The number of ketones is 1. The topological polar surface area (TPSA) is 71.2 Å². The Morgan fingerprint density at radius 1 is 1.65 bits per heavy atom. The van der Waals surface area contributed by atoms with E-state index >= 15 is 0 Å². The number of hydrogen-bond donors (Lipinski definition) is 2. The van der Waals surface area contributed by atoms with Crippen LogP contribution in [0.3, 0.4) is 0 Å². The number of pyridine rings is 1. The summed E-state index contributed by atoms with van der Waals surface area (Å²) in [6.07, 6.45) is 2.71. The third kappa shape index (κ3) is 3.17. The number of hydrogen-bond acceptors (Lipinski definition) is 5. The summed E-state index contributed by atoms with van der Waals surface area (Å²) in [6.45, 7) is 3.91. The van der Waals surface area contributed by atoms with E-state index in [1.807, 2.05) is 12.1 Å². The third-order valence-corrected chi connectivity index (χ3v) is 2.92. The molecule has 1 aliphatic heterocycles. The molecule has 2 rings (SSSR count). The van der Waals surface area contributed by atoms with Crippen molar-refractivity contribution in [2.75, 3.05) is 30.3 Å². The Labute approximate surface area is 101 Å². The maximum atomic E-state index is 10.9. The van der Waals surface area contributed by atoms with E-state index in [2.05, 4.69) is 15.2 Å². The summed E-state index contributed by atoms with van der Waals surface area (Å²) in [5, 5.41) is 3.25. The number of Topliss-reactive ketones (excluding diaryl/α,β-unsaturated/α-hetero) is 1. The van der Waals surface area contributed by atoms with Gasteiger partial charge in [-0.15, -0.1) is 0 Å². The molecule has 5 nitrogen and oxygen atoms in total. The molecule has 1 fully saturated rings. The summed E-state index contributed by atoms with van der Waals surface area (Å²) in [5.41, 5.74) is 6.28. The number of nitrogen functional groups attached to an aromatic ring is 1. The number of rotatable bonds is 4. The zero-order chi connectivity index (χ0) is 12.3. The minimum atomic E-state index is 0.175. The second-order valence-electron chi connectivity index (χ2n) is 4.46. The van der Waals surface area contributed by atoms with Crippen LogP contribution in [-0.2, 0) is 4.79 Å². The highest BCUT2D eigenvalue weighted by atomic mass is 16.1. The van der Waals surface area contributed by atoms with Crippen molar-refractivity contribution in [3.8, 4) is 0 Å². The van der Waals surface area contributed by atoms with Crippen molar-refractivity contribution < 1.29 is 4.79 Å². The summed E-state index contributed by atoms with van der Waals surface area (Å²) in [7, 11) is 0. The second-order valence-corrected chi connectivity index (χ2v) is 4.46. The van der Waals surface area contributed by atoms with E-state index in [1.54, 1.807) is 13.1 Å². The van der Waals surface area contributed by atoms with Crippen LogP contribution in [0.2, 0.25) is 0 Å². The lowest BCUT2D eigenvalue weighted by Gasteiger charge is -2.17. The van der Waals surface area contributed by atoms with E-state index in [0.29, 0.717) is 18.3 Å². The van der Waals surface area contributed by atoms with E-state index in [0.717, 1.165) is 25.3 Å². The van der Waals surface area contributed by atoms with Gasteiger partial charge in [-0.1, -0.05) is 0 Å². The van der Waals surface area contributed by atoms with Crippen LogP contribution in [0.5, 0.6) is 0 Å². The van der Waals surface area contributed by atoms with Gasteiger partial charge in [0.05, 0.1) is 18.4 Å². The van der Waals surface area contributed by atoms with Gasteiger partial charge in [0.15, 0.2) is 0 Å². The number of anilines is 2. The smallest absolute Gasteiger partial charge is 0.143 e. The van der Waals surface area contributed by atoms with Crippen LogP contribution >= 0.6 is 0 Å². The molecule has 1 atom stereocenters. The molecule has 0 spiro atoms. The number of nitrogens with one attached hydrogen (secondary N) is 1. The van der Waals surface area contributed by atoms with Gasteiger partial charge >= 0.3 is 0 Å². The van der Waals surface area contributed by atoms with Crippen LogP contribution < -0.4 is 16.0 Å². The SMILES string of the molecule is CC(=O)CNC1CCN(c2ccc(N)cn2)C1. The molecule has 5 heteroatoms. The molecule has 0 radical (unpaired) electrons. The molecule has 0 saturated carbocycles. The number of nitrogens with zero attached hydrogens (tertiary/aromatic N) is 2. The minimum Gasteiger partial charge on any atom is -0.397 e. The van der Waals surface area contributed by atoms with Crippen molar-refractivity contribution >= 4 is 17.3 Å². The molecule has 17 heavy (non-hydrogen) atoms. The Morgan fingerprint density at radius 3 is 3.12 bits per heavy atom. The Bertz CT molecular complexity index is 390. The zero-order valence-corrected chi connectivity index (χ0v) is 10.0. The summed E-state index contributed by atoms with van der Waals surface area (Å²) in [4.78, 5) is 17.4. The van der Waals surface area contributed by atoms with E-state index in [4.69, 9.17) is 5.73 Å². The van der Waals surface area contributed by atoms with Gasteiger partial charge in [-0.05, 0) is 25.5 Å². The molecule has 3 N–H and O–H groups in total. The van der Waals surface area contributed by atoms with Crippen molar-refractivity contribution in [2.45, 2.75) is 19.4 Å². The standard InChI is InChI=1S/C12H18N4O/c1-9(17)6-14-11-4-5-16(8-11)12-3-2-10(13)7-15-12/h2-3,7,11,14H,4-6,8,13H2,1H3. The second kappa shape index (κ2) is 5.14. The highest BCUT2D eigenvalue weighted by Gasteiger charge is 2.22. The van der Waals surface area contributed by atoms with Crippen molar-refractivity contribution in [1.29, 1.82) is 0 Å². The molecule has 1 unspecified atom stereocenters. The molecule has 1 aromatic rings. The van der Waals surface area contributed by atoms with Gasteiger partial charge < -0.3 is 16.0 Å². The first-order valence-corrected chi connectivity index (χ1v) is 5.84. The van der Waals surface area contributed by atoms with Gasteiger partial charge in [-0.2, -0.15) is 0 Å². The number of aromatic nitrogens is 1. The summed E-state index contributed by atoms with van der Waals surface area (Å²) in [5.74, 6) is 1.13. The third-order valence-electron chi connectivity index (χ3n) is 2.92. The Hall–Kier alpha value is -1.62. The van der Waals surface area contributed by atoms with Crippen LogP contribution in [0.1, 0.15) is 13.3 Å². The van der Waals surface area contributed by atoms with E-state index in [9.17, 15) is 4.79 Å². The predicted octanol–water partition coefficient (Wildman–Crippen LogP) is 0.421. The fourth-order valence-electron chi connectivity index (χ4n) is 2.01. The van der Waals surface area contributed by atoms with Gasteiger partial charge in [0.2, 0.25) is 0 Å². The lowest BCUT2D eigenvalue weighted by molar-refractivity contribution is -0.116. The average molecular weight is 234 g/mol. The van der Waals surface area contributed by atoms with Crippen molar-refractivity contribution in [1.82, 2.24) is 10.3 Å². The fourth-order valence-corrected chi connectivity index (χ4v) is 2.01. The summed E-state index contributed by atoms with van der Waals surface area (Å²) in [6, 6.07) is 4.17. The minimum absolute atomic E-state index is 0.175. The van der Waals surface area contributed by atoms with E-state index < -0.39 is 0 Å². The normalized spacial score (nSPS) is 19.6. The molecule has 1 aromatic heterocycles. The quantitative estimate of drug-likeness (QED) is 0.790. The molecule has 1 saturated heterocycles. The van der Waals surface area contributed by atoms with E-state index in [1.165, 1.54) is 0 Å². The van der Waals surface area contributed by atoms with Crippen molar-refractivity contribution in [3.05, 3.63) is 18.3 Å². The lowest BCUT2D eigenvalue weighted by Crippen LogP contribution is -2.35. The van der Waals surface area contributed by atoms with Gasteiger partial charge in [-0.3, -0.25) is 4.79 Å². The fraction of sp³-hybridized carbons (Fsp3) is 0.500. The van der Waals surface area contributed by atoms with Crippen molar-refractivity contribution in [3.63, 3.8) is 0 Å². The lowest BCUT2D eigenvalue weighted by atomic mass is 10.2. The van der Waals surface area contributed by atoms with Crippen LogP contribution in [0.4, 0.5) is 11.5 Å². The highest BCUT2D eigenvalue weighted by Crippen LogP contribution is 2.18. The number of carbonyl (C=O) groups is 1. The first-order chi connectivity index (χ1) is 8.15. The monoisotopic (exact) mass is 234 g/mol. The first kappa shape index (κ1) is 11.9. The van der Waals surface area contributed by atoms with Gasteiger partial charge in [0.25, 0.3) is 0 Å². The van der Waals surface area contributed by atoms with Crippen LogP contribution in [0.25, 0.3) is 0 Å². The molecular formula is C12H18N4O. The van der Waals surface area contributed by atoms with Crippen molar-refractivity contribution in [2.24, 2.45) is 0 Å². The van der Waals surface area contributed by atoms with Crippen LogP contribution in [-0.4, -0.2) is 36.4 Å². The highest BCUT2D eigenvalue weighted by molar-refractivity contribution is 5.77. The van der Waals surface area contributed by atoms with E-state index in [-0.39, 0.29) is 5.78 Å². The van der Waals surface area contributed by atoms with Crippen LogP contribution in [0.15, 0.2) is 18.3 Å². The molecule has 0 aliphatic carbocycles. The maximum Gasteiger partial charge on any atom is 0.143 e. The zero-order valence-electron chi connectivity index (χ0n) is 10.0. The molecule has 2 heterocycles. The maximum absolute atomic E-state index is 10.9. The Kier molecular flexibility index (Phi) is 3.58. The molecule has 0 amide bonds. The summed E-state index contributed by atoms with van der Waals surface area (Å²) < 4.78 is 0. The Balaban J connectivity index is 1.89. The van der Waals surface area contributed by atoms with Gasteiger partial charge in [0, 0.05) is 19.1 Å². The average Bonchev–Trinajstić information content (AvgIpc) is 2.76. The molecular weight excluding hydrogens is 216 g/mol.